The molecule has 0 radical (unpaired) electrons. The quantitative estimate of drug-likeness (QED) is 0.415. The van der Waals surface area contributed by atoms with Crippen molar-refractivity contribution >= 4 is 28.8 Å². The molecule has 1 aliphatic rings. The number of carbonyl (C=O) groups excluding carboxylic acids is 3. The molecule has 3 amide bonds. The average Bonchev–Trinajstić information content (AvgIpc) is 3.37. The standard InChI is InChI=1S/C24H20N6O4/c31-20(14-29-23(33)17-8-4-5-9-18(17)24(29)34)25-10-11-30-21-19(12-27-30)22(32)28(15-26-21)13-16-6-2-1-3-7-16/h1-9,12,15H,10-11,13-14H2,(H,25,31). The van der Waals surface area contributed by atoms with Crippen LogP contribution in [-0.4, -0.2) is 55.0 Å². The molecular weight excluding hydrogens is 436 g/mol. The number of benzene rings is 2. The van der Waals surface area contributed by atoms with Gasteiger partial charge >= 0.3 is 0 Å². The van der Waals surface area contributed by atoms with E-state index in [0.717, 1.165) is 10.5 Å². The summed E-state index contributed by atoms with van der Waals surface area (Å²) < 4.78 is 3.05. The molecular formula is C24H20N6O4. The van der Waals surface area contributed by atoms with E-state index in [2.05, 4.69) is 15.4 Å². The highest BCUT2D eigenvalue weighted by Crippen LogP contribution is 2.21. The molecule has 2 aromatic heterocycles. The molecule has 10 nitrogen and oxygen atoms in total. The van der Waals surface area contributed by atoms with Gasteiger partial charge in [0.1, 0.15) is 18.3 Å². The molecule has 0 atom stereocenters. The molecule has 0 bridgehead atoms. The van der Waals surface area contributed by atoms with Crippen molar-refractivity contribution in [3.05, 3.63) is 94.2 Å². The van der Waals surface area contributed by atoms with Crippen molar-refractivity contribution in [3.8, 4) is 0 Å². The van der Waals surface area contributed by atoms with Crippen LogP contribution in [0.4, 0.5) is 0 Å². The number of hydrogen-bond acceptors (Lipinski definition) is 6. The van der Waals surface area contributed by atoms with Gasteiger partial charge in [-0.05, 0) is 17.7 Å². The van der Waals surface area contributed by atoms with Gasteiger partial charge in [0.15, 0.2) is 5.65 Å². The monoisotopic (exact) mass is 456 g/mol. The maximum Gasteiger partial charge on any atom is 0.264 e. The SMILES string of the molecule is O=C(CN1C(=O)c2ccccc2C1=O)NCCn1ncc2c(=O)n(Cc3ccccc3)cnc21. The second-order valence-corrected chi connectivity index (χ2v) is 7.86. The number of nitrogens with zero attached hydrogens (tertiary/aromatic N) is 5. The van der Waals surface area contributed by atoms with Gasteiger partial charge in [-0.3, -0.25) is 28.6 Å². The normalized spacial score (nSPS) is 12.9. The van der Waals surface area contributed by atoms with Crippen molar-refractivity contribution in [3.63, 3.8) is 0 Å². The summed E-state index contributed by atoms with van der Waals surface area (Å²) in [7, 11) is 0. The molecule has 1 N–H and O–H groups in total. The lowest BCUT2D eigenvalue weighted by Crippen LogP contribution is -2.41. The third-order valence-electron chi connectivity index (χ3n) is 5.64. The molecule has 34 heavy (non-hydrogen) atoms. The van der Waals surface area contributed by atoms with Crippen molar-refractivity contribution in [2.24, 2.45) is 0 Å². The van der Waals surface area contributed by atoms with Gasteiger partial charge in [-0.2, -0.15) is 5.10 Å². The Bertz CT molecular complexity index is 1440. The predicted octanol–water partition coefficient (Wildman–Crippen LogP) is 1.05. The van der Waals surface area contributed by atoms with Crippen LogP contribution in [0.15, 0.2) is 71.9 Å². The largest absolute Gasteiger partial charge is 0.353 e. The van der Waals surface area contributed by atoms with E-state index in [0.29, 0.717) is 28.7 Å². The molecule has 3 heterocycles. The minimum atomic E-state index is -0.482. The van der Waals surface area contributed by atoms with Gasteiger partial charge in [-0.15, -0.1) is 0 Å². The minimum absolute atomic E-state index is 0.188. The number of imide groups is 1. The van der Waals surface area contributed by atoms with Crippen molar-refractivity contribution in [2.75, 3.05) is 13.1 Å². The number of hydrogen-bond donors (Lipinski definition) is 1. The first kappa shape index (κ1) is 21.3. The molecule has 4 aromatic rings. The van der Waals surface area contributed by atoms with Crippen molar-refractivity contribution in [2.45, 2.75) is 13.1 Å². The highest BCUT2D eigenvalue weighted by Gasteiger charge is 2.36. The Labute approximate surface area is 193 Å². The number of amides is 3. The first-order valence-corrected chi connectivity index (χ1v) is 10.7. The smallest absolute Gasteiger partial charge is 0.264 e. The fourth-order valence-electron chi connectivity index (χ4n) is 3.94. The van der Waals surface area contributed by atoms with E-state index in [1.807, 2.05) is 30.3 Å². The average molecular weight is 456 g/mol. The minimum Gasteiger partial charge on any atom is -0.353 e. The number of fused-ring (bicyclic) bond motifs is 2. The zero-order valence-electron chi connectivity index (χ0n) is 18.0. The van der Waals surface area contributed by atoms with E-state index in [9.17, 15) is 19.2 Å². The molecule has 5 rings (SSSR count). The van der Waals surface area contributed by atoms with Gasteiger partial charge in [-0.25, -0.2) is 9.67 Å². The lowest BCUT2D eigenvalue weighted by Gasteiger charge is -2.13. The Morgan fingerprint density at radius 3 is 2.29 bits per heavy atom. The Morgan fingerprint density at radius 2 is 1.59 bits per heavy atom. The summed E-state index contributed by atoms with van der Waals surface area (Å²) in [6, 6.07) is 16.1. The van der Waals surface area contributed by atoms with E-state index < -0.39 is 17.7 Å². The van der Waals surface area contributed by atoms with Gasteiger partial charge < -0.3 is 5.32 Å². The Kier molecular flexibility index (Phi) is 5.46. The summed E-state index contributed by atoms with van der Waals surface area (Å²) in [6.45, 7) is 0.496. The van der Waals surface area contributed by atoms with Crippen molar-refractivity contribution in [1.29, 1.82) is 0 Å². The lowest BCUT2D eigenvalue weighted by atomic mass is 10.1. The van der Waals surface area contributed by atoms with Crippen LogP contribution >= 0.6 is 0 Å². The molecule has 170 valence electrons. The number of rotatable bonds is 7. The molecule has 0 saturated carbocycles. The summed E-state index contributed by atoms with van der Waals surface area (Å²) in [5, 5.41) is 7.29. The summed E-state index contributed by atoms with van der Waals surface area (Å²) in [4.78, 5) is 55.3. The molecule has 10 heteroatoms. The van der Waals surface area contributed by atoms with Crippen LogP contribution in [0.2, 0.25) is 0 Å². The zero-order chi connectivity index (χ0) is 23.7. The number of carbonyl (C=O) groups is 3. The van der Waals surface area contributed by atoms with Gasteiger partial charge in [0.05, 0.1) is 30.4 Å². The van der Waals surface area contributed by atoms with Crippen molar-refractivity contribution < 1.29 is 14.4 Å². The molecule has 2 aromatic carbocycles. The van der Waals surface area contributed by atoms with Crippen LogP contribution in [0.1, 0.15) is 26.3 Å². The van der Waals surface area contributed by atoms with Crippen LogP contribution in [0.3, 0.4) is 0 Å². The highest BCUT2D eigenvalue weighted by atomic mass is 16.2. The van der Waals surface area contributed by atoms with Gasteiger partial charge in [0.25, 0.3) is 17.4 Å². The molecule has 0 fully saturated rings. The maximum absolute atomic E-state index is 12.8. The Morgan fingerprint density at radius 1 is 0.912 bits per heavy atom. The first-order chi connectivity index (χ1) is 16.5. The fourth-order valence-corrected chi connectivity index (χ4v) is 3.94. The first-order valence-electron chi connectivity index (χ1n) is 10.7. The third kappa shape index (κ3) is 3.85. The van der Waals surface area contributed by atoms with E-state index in [1.54, 1.807) is 24.3 Å². The molecule has 0 aliphatic carbocycles. The highest BCUT2D eigenvalue weighted by molar-refractivity contribution is 6.22. The molecule has 0 spiro atoms. The summed E-state index contributed by atoms with van der Waals surface area (Å²) in [5.41, 5.74) is 1.80. The van der Waals surface area contributed by atoms with Crippen LogP contribution in [0, 0.1) is 0 Å². The third-order valence-corrected chi connectivity index (χ3v) is 5.64. The molecule has 1 aliphatic heterocycles. The van der Waals surface area contributed by atoms with Gasteiger partial charge in [0, 0.05) is 6.54 Å². The molecule has 0 unspecified atom stereocenters. The van der Waals surface area contributed by atoms with E-state index in [1.165, 1.54) is 21.8 Å². The maximum atomic E-state index is 12.8. The Balaban J connectivity index is 1.21. The van der Waals surface area contributed by atoms with E-state index >= 15 is 0 Å². The van der Waals surface area contributed by atoms with Crippen LogP contribution in [0.5, 0.6) is 0 Å². The van der Waals surface area contributed by atoms with Gasteiger partial charge in [-0.1, -0.05) is 42.5 Å². The van der Waals surface area contributed by atoms with Crippen LogP contribution < -0.4 is 10.9 Å². The topological polar surface area (TPSA) is 119 Å². The number of aromatic nitrogens is 4. The van der Waals surface area contributed by atoms with Crippen LogP contribution in [-0.2, 0) is 17.9 Å². The lowest BCUT2D eigenvalue weighted by molar-refractivity contribution is -0.121. The second-order valence-electron chi connectivity index (χ2n) is 7.86. The zero-order valence-corrected chi connectivity index (χ0v) is 18.0. The summed E-state index contributed by atoms with van der Waals surface area (Å²) in [5.74, 6) is -1.43. The summed E-state index contributed by atoms with van der Waals surface area (Å²) in [6.07, 6.45) is 2.95. The molecule has 0 saturated heterocycles. The summed E-state index contributed by atoms with van der Waals surface area (Å²) >= 11 is 0. The van der Waals surface area contributed by atoms with E-state index in [4.69, 9.17) is 0 Å². The second kappa shape index (κ2) is 8.74. The van der Waals surface area contributed by atoms with Gasteiger partial charge in [0.2, 0.25) is 5.91 Å². The van der Waals surface area contributed by atoms with Crippen molar-refractivity contribution in [1.82, 2.24) is 29.5 Å². The fraction of sp³-hybridized carbons (Fsp3) is 0.167. The predicted molar refractivity (Wildman–Crippen MR) is 122 cm³/mol. The number of nitrogens with one attached hydrogen (secondary N) is 1. The van der Waals surface area contributed by atoms with Crippen LogP contribution in [0.25, 0.3) is 11.0 Å². The van der Waals surface area contributed by atoms with E-state index in [-0.39, 0.29) is 25.2 Å². The Hall–Kier alpha value is -4.60.